The molecule has 1 heterocycles. The Morgan fingerprint density at radius 2 is 1.95 bits per heavy atom. The number of nitrogens with zero attached hydrogens (tertiary/aromatic N) is 4. The Morgan fingerprint density at radius 3 is 2.53 bits per heavy atom. The molecule has 0 saturated carbocycles. The van der Waals surface area contributed by atoms with Crippen molar-refractivity contribution in [3.63, 3.8) is 0 Å². The summed E-state index contributed by atoms with van der Waals surface area (Å²) >= 11 is 1.59. The summed E-state index contributed by atoms with van der Waals surface area (Å²) in [7, 11) is 4.90. The number of hydrogen-bond donors (Lipinski definition) is 0. The summed E-state index contributed by atoms with van der Waals surface area (Å²) < 4.78 is 17.3. The third kappa shape index (κ3) is 5.43. The average Bonchev–Trinajstić information content (AvgIpc) is 2.83. The number of aromatic nitrogens is 4. The molecule has 0 radical (unpaired) electrons. The largest absolute Gasteiger partial charge is 0.379 e. The molecule has 0 amide bonds. The SMILES string of the molecule is COC(Cn1nnnc1SCCC(C)(C)OC)OC. The van der Waals surface area contributed by atoms with E-state index in [9.17, 15) is 0 Å². The van der Waals surface area contributed by atoms with E-state index in [1.807, 2.05) is 0 Å². The molecule has 0 aliphatic heterocycles. The van der Waals surface area contributed by atoms with Gasteiger partial charge in [0.05, 0.1) is 12.1 Å². The van der Waals surface area contributed by atoms with Gasteiger partial charge in [0, 0.05) is 27.1 Å². The zero-order valence-electron chi connectivity index (χ0n) is 12.1. The van der Waals surface area contributed by atoms with Crippen LogP contribution in [0.5, 0.6) is 0 Å². The molecule has 1 rings (SSSR count). The van der Waals surface area contributed by atoms with Gasteiger partial charge in [-0.05, 0) is 30.7 Å². The summed E-state index contributed by atoms with van der Waals surface area (Å²) in [5.41, 5.74) is -0.132. The summed E-state index contributed by atoms with van der Waals surface area (Å²) in [6.07, 6.45) is 0.567. The highest BCUT2D eigenvalue weighted by molar-refractivity contribution is 7.99. The Kier molecular flexibility index (Phi) is 6.70. The predicted octanol–water partition coefficient (Wildman–Crippen LogP) is 1.20. The van der Waals surface area contributed by atoms with Crippen molar-refractivity contribution in [1.82, 2.24) is 20.2 Å². The van der Waals surface area contributed by atoms with Crippen LogP contribution in [0.1, 0.15) is 20.3 Å². The Hall–Kier alpha value is -0.700. The van der Waals surface area contributed by atoms with Crippen molar-refractivity contribution >= 4 is 11.8 Å². The van der Waals surface area contributed by atoms with Gasteiger partial charge in [0.2, 0.25) is 5.16 Å². The topological polar surface area (TPSA) is 71.3 Å². The lowest BCUT2D eigenvalue weighted by Crippen LogP contribution is -2.23. The van der Waals surface area contributed by atoms with E-state index in [1.54, 1.807) is 37.8 Å². The quantitative estimate of drug-likeness (QED) is 0.500. The van der Waals surface area contributed by atoms with Gasteiger partial charge in [-0.1, -0.05) is 11.8 Å². The normalized spacial score (nSPS) is 12.3. The summed E-state index contributed by atoms with van der Waals surface area (Å²) in [4.78, 5) is 0. The number of hydrogen-bond acceptors (Lipinski definition) is 7. The van der Waals surface area contributed by atoms with Crippen molar-refractivity contribution in [2.75, 3.05) is 27.1 Å². The first kappa shape index (κ1) is 16.4. The number of tetrazole rings is 1. The van der Waals surface area contributed by atoms with Crippen molar-refractivity contribution in [2.45, 2.75) is 43.9 Å². The smallest absolute Gasteiger partial charge is 0.209 e. The fourth-order valence-electron chi connectivity index (χ4n) is 1.29. The second kappa shape index (κ2) is 7.78. The summed E-state index contributed by atoms with van der Waals surface area (Å²) in [5, 5.41) is 12.4. The van der Waals surface area contributed by atoms with Crippen LogP contribution < -0.4 is 0 Å². The van der Waals surface area contributed by atoms with Crippen molar-refractivity contribution in [3.8, 4) is 0 Å². The minimum Gasteiger partial charge on any atom is -0.379 e. The van der Waals surface area contributed by atoms with Gasteiger partial charge in [-0.15, -0.1) is 5.10 Å². The minimum absolute atomic E-state index is 0.132. The molecule has 1 aromatic heterocycles. The minimum atomic E-state index is -0.349. The monoisotopic (exact) mass is 290 g/mol. The molecular weight excluding hydrogens is 268 g/mol. The van der Waals surface area contributed by atoms with Gasteiger partial charge in [0.1, 0.15) is 0 Å². The average molecular weight is 290 g/mol. The summed E-state index contributed by atoms with van der Waals surface area (Å²) in [6, 6.07) is 0. The number of thioether (sulfide) groups is 1. The Morgan fingerprint density at radius 1 is 1.26 bits per heavy atom. The van der Waals surface area contributed by atoms with E-state index in [1.165, 1.54) is 0 Å². The lowest BCUT2D eigenvalue weighted by atomic mass is 10.1. The zero-order valence-corrected chi connectivity index (χ0v) is 12.9. The van der Waals surface area contributed by atoms with Crippen LogP contribution in [0, 0.1) is 0 Å². The third-order valence-electron chi connectivity index (χ3n) is 2.83. The summed E-state index contributed by atoms with van der Waals surface area (Å²) in [6.45, 7) is 4.58. The Labute approximate surface area is 118 Å². The number of ether oxygens (including phenoxy) is 3. The maximum Gasteiger partial charge on any atom is 0.209 e. The molecule has 0 spiro atoms. The highest BCUT2D eigenvalue weighted by Crippen LogP contribution is 2.21. The second-order valence-electron chi connectivity index (χ2n) is 4.61. The van der Waals surface area contributed by atoms with Crippen LogP contribution in [-0.4, -0.2) is 59.2 Å². The van der Waals surface area contributed by atoms with Crippen LogP contribution >= 0.6 is 11.8 Å². The molecule has 0 unspecified atom stereocenters. The maximum atomic E-state index is 5.37. The van der Waals surface area contributed by atoms with Crippen LogP contribution in [0.4, 0.5) is 0 Å². The van der Waals surface area contributed by atoms with Crippen molar-refractivity contribution in [3.05, 3.63) is 0 Å². The van der Waals surface area contributed by atoms with E-state index in [2.05, 4.69) is 29.4 Å². The van der Waals surface area contributed by atoms with Gasteiger partial charge in [0.15, 0.2) is 6.29 Å². The molecule has 0 aliphatic rings. The molecule has 0 fully saturated rings. The molecule has 0 aliphatic carbocycles. The fourth-order valence-corrected chi connectivity index (χ4v) is 2.42. The summed E-state index contributed by atoms with van der Waals surface area (Å²) in [5.74, 6) is 0.881. The third-order valence-corrected chi connectivity index (χ3v) is 3.79. The first-order valence-corrected chi connectivity index (χ1v) is 7.00. The predicted molar refractivity (Wildman–Crippen MR) is 72.1 cm³/mol. The molecule has 0 N–H and O–H groups in total. The van der Waals surface area contributed by atoms with Crippen molar-refractivity contribution in [1.29, 1.82) is 0 Å². The van der Waals surface area contributed by atoms with Gasteiger partial charge >= 0.3 is 0 Å². The van der Waals surface area contributed by atoms with Gasteiger partial charge in [-0.3, -0.25) is 0 Å². The molecule has 0 aromatic carbocycles. The molecule has 19 heavy (non-hydrogen) atoms. The molecule has 1 aromatic rings. The van der Waals surface area contributed by atoms with E-state index in [0.29, 0.717) is 6.54 Å². The standard InChI is InChI=1S/C11H22N4O3S/c1-11(2,18-5)6-7-19-10-12-13-14-15(10)8-9(16-3)17-4/h9H,6-8H2,1-5H3. The van der Waals surface area contributed by atoms with E-state index >= 15 is 0 Å². The number of methoxy groups -OCH3 is 3. The molecule has 8 heteroatoms. The van der Waals surface area contributed by atoms with Gasteiger partial charge in [-0.25, -0.2) is 4.68 Å². The van der Waals surface area contributed by atoms with Crippen LogP contribution in [0.15, 0.2) is 5.16 Å². The molecule has 0 atom stereocenters. The van der Waals surface area contributed by atoms with E-state index < -0.39 is 0 Å². The van der Waals surface area contributed by atoms with E-state index in [4.69, 9.17) is 14.2 Å². The highest BCUT2D eigenvalue weighted by Gasteiger charge is 2.18. The van der Waals surface area contributed by atoms with Crippen LogP contribution in [0.25, 0.3) is 0 Å². The van der Waals surface area contributed by atoms with Crippen LogP contribution in [0.2, 0.25) is 0 Å². The molecule has 0 saturated heterocycles. The van der Waals surface area contributed by atoms with Crippen molar-refractivity contribution < 1.29 is 14.2 Å². The molecule has 7 nitrogen and oxygen atoms in total. The van der Waals surface area contributed by atoms with Gasteiger partial charge < -0.3 is 14.2 Å². The molecular formula is C11H22N4O3S. The first-order chi connectivity index (χ1) is 9.02. The first-order valence-electron chi connectivity index (χ1n) is 6.02. The van der Waals surface area contributed by atoms with Gasteiger partial charge in [0.25, 0.3) is 0 Å². The van der Waals surface area contributed by atoms with Crippen LogP contribution in [-0.2, 0) is 20.8 Å². The second-order valence-corrected chi connectivity index (χ2v) is 5.67. The zero-order chi connectivity index (χ0) is 14.3. The maximum absolute atomic E-state index is 5.37. The molecule has 110 valence electrons. The van der Waals surface area contributed by atoms with Crippen LogP contribution in [0.3, 0.4) is 0 Å². The fraction of sp³-hybridized carbons (Fsp3) is 0.909. The molecule has 0 bridgehead atoms. The number of rotatable bonds is 9. The van der Waals surface area contributed by atoms with Crippen molar-refractivity contribution in [2.24, 2.45) is 0 Å². The van der Waals surface area contributed by atoms with E-state index in [0.717, 1.165) is 17.3 Å². The van der Waals surface area contributed by atoms with Gasteiger partial charge in [-0.2, -0.15) is 0 Å². The Balaban J connectivity index is 2.49. The highest BCUT2D eigenvalue weighted by atomic mass is 32.2. The Bertz CT molecular complexity index is 369. The lowest BCUT2D eigenvalue weighted by molar-refractivity contribution is -0.113. The lowest BCUT2D eigenvalue weighted by Gasteiger charge is -2.22. The van der Waals surface area contributed by atoms with E-state index in [-0.39, 0.29) is 11.9 Å².